The van der Waals surface area contributed by atoms with E-state index in [9.17, 15) is 0 Å². The van der Waals surface area contributed by atoms with Gasteiger partial charge in [0.2, 0.25) is 0 Å². The van der Waals surface area contributed by atoms with Gasteiger partial charge in [-0.2, -0.15) is 0 Å². The molecule has 0 N–H and O–H groups in total. The fraction of sp³-hybridized carbons (Fsp3) is 0.600. The second-order valence-corrected chi connectivity index (χ2v) is 6.63. The van der Waals surface area contributed by atoms with Crippen LogP contribution in [0.4, 0.5) is 0 Å². The van der Waals surface area contributed by atoms with Crippen molar-refractivity contribution in [3.05, 3.63) is 36.0 Å². The monoisotopic (exact) mass is 249 g/mol. The van der Waals surface area contributed by atoms with Gasteiger partial charge in [0, 0.05) is 13.1 Å². The predicted molar refractivity (Wildman–Crippen MR) is 78.1 cm³/mol. The van der Waals surface area contributed by atoms with Crippen LogP contribution in [0, 0.1) is 0 Å². The lowest BCUT2D eigenvalue weighted by molar-refractivity contribution is 0.378. The summed E-state index contributed by atoms with van der Waals surface area (Å²) in [5.41, 5.74) is 1.42. The lowest BCUT2D eigenvalue weighted by atomic mass is 10.1. The summed E-state index contributed by atoms with van der Waals surface area (Å²) in [7, 11) is 0. The summed E-state index contributed by atoms with van der Waals surface area (Å²) in [5, 5.41) is 0. The van der Waals surface area contributed by atoms with E-state index >= 15 is 0 Å². The number of hydrogen-bond donors (Lipinski definition) is 0. The zero-order valence-corrected chi connectivity index (χ0v) is 11.8. The van der Waals surface area contributed by atoms with Crippen molar-refractivity contribution in [3.63, 3.8) is 0 Å². The van der Waals surface area contributed by atoms with Crippen molar-refractivity contribution < 1.29 is 0 Å². The van der Waals surface area contributed by atoms with Crippen LogP contribution in [-0.2, 0) is 0 Å². The van der Waals surface area contributed by atoms with E-state index in [1.54, 1.807) is 0 Å². The Kier molecular flexibility index (Phi) is 4.52. The molecular formula is C15H23NS. The third kappa shape index (κ3) is 3.75. The zero-order valence-electron chi connectivity index (χ0n) is 11.0. The van der Waals surface area contributed by atoms with E-state index in [2.05, 4.69) is 48.5 Å². The van der Waals surface area contributed by atoms with Crippen molar-refractivity contribution in [2.75, 3.05) is 13.1 Å². The third-order valence-corrected chi connectivity index (χ3v) is 4.70. The summed E-state index contributed by atoms with van der Waals surface area (Å²) in [6.45, 7) is 7.02. The third-order valence-electron chi connectivity index (χ3n) is 3.41. The fourth-order valence-corrected chi connectivity index (χ4v) is 3.54. The van der Waals surface area contributed by atoms with Crippen LogP contribution in [0.5, 0.6) is 0 Å². The van der Waals surface area contributed by atoms with Crippen LogP contribution in [0.25, 0.3) is 0 Å². The van der Waals surface area contributed by atoms with E-state index in [0.717, 1.165) is 6.42 Å². The summed E-state index contributed by atoms with van der Waals surface area (Å²) in [6.07, 6.45) is 16.7. The highest BCUT2D eigenvalue weighted by molar-refractivity contribution is 7.98. The van der Waals surface area contributed by atoms with Gasteiger partial charge in [-0.15, -0.1) is 0 Å². The minimum Gasteiger partial charge on any atom is -0.250 e. The van der Waals surface area contributed by atoms with Gasteiger partial charge in [-0.3, -0.25) is 0 Å². The second-order valence-electron chi connectivity index (χ2n) is 5.05. The van der Waals surface area contributed by atoms with Crippen molar-refractivity contribution in [1.82, 2.24) is 4.31 Å². The maximum Gasteiger partial charge on any atom is 0.0643 e. The van der Waals surface area contributed by atoms with Crippen LogP contribution in [-0.4, -0.2) is 22.1 Å². The minimum atomic E-state index is 0.130. The Morgan fingerprint density at radius 2 is 2.00 bits per heavy atom. The van der Waals surface area contributed by atoms with Gasteiger partial charge in [0.1, 0.15) is 0 Å². The highest BCUT2D eigenvalue weighted by Crippen LogP contribution is 2.35. The first-order valence-corrected chi connectivity index (χ1v) is 7.51. The van der Waals surface area contributed by atoms with Gasteiger partial charge in [0.15, 0.2) is 0 Å². The molecule has 0 saturated carbocycles. The summed E-state index contributed by atoms with van der Waals surface area (Å²) < 4.78 is 2.67. The first kappa shape index (κ1) is 13.0. The first-order chi connectivity index (χ1) is 8.22. The molecule has 0 amide bonds. The molecule has 94 valence electrons. The molecule has 17 heavy (non-hydrogen) atoms. The van der Waals surface area contributed by atoms with E-state index < -0.39 is 0 Å². The normalized spacial score (nSPS) is 30.1. The minimum absolute atomic E-state index is 0.130. The highest BCUT2D eigenvalue weighted by atomic mass is 32.2. The van der Waals surface area contributed by atoms with Gasteiger partial charge in [0.05, 0.1) is 4.75 Å². The van der Waals surface area contributed by atoms with Crippen molar-refractivity contribution in [1.29, 1.82) is 0 Å². The Morgan fingerprint density at radius 1 is 1.24 bits per heavy atom. The Morgan fingerprint density at radius 3 is 2.71 bits per heavy atom. The summed E-state index contributed by atoms with van der Waals surface area (Å²) >= 11 is 2.00. The molecular weight excluding hydrogens is 226 g/mol. The molecule has 2 rings (SSSR count). The van der Waals surface area contributed by atoms with Gasteiger partial charge in [0.25, 0.3) is 0 Å². The zero-order chi connectivity index (χ0) is 12.1. The maximum atomic E-state index is 2.54. The maximum absolute atomic E-state index is 2.54. The number of nitrogens with zero attached hydrogens (tertiary/aromatic N) is 1. The molecule has 1 atom stereocenters. The van der Waals surface area contributed by atoms with Gasteiger partial charge in [-0.25, -0.2) is 4.31 Å². The van der Waals surface area contributed by atoms with Crippen LogP contribution >= 0.6 is 11.9 Å². The summed E-state index contributed by atoms with van der Waals surface area (Å²) in [6, 6.07) is 0. The molecule has 0 aromatic rings. The van der Waals surface area contributed by atoms with Crippen molar-refractivity contribution in [3.8, 4) is 0 Å². The predicted octanol–water partition coefficient (Wildman–Crippen LogP) is 4.34. The highest BCUT2D eigenvalue weighted by Gasteiger charge is 2.24. The number of allylic oxidation sites excluding steroid dienone is 4. The number of rotatable bonds is 3. The Bertz CT molecular complexity index is 337. The molecule has 0 spiro atoms. The Balaban J connectivity index is 1.99. The molecule has 1 aliphatic heterocycles. The van der Waals surface area contributed by atoms with Gasteiger partial charge in [-0.05, 0) is 31.8 Å². The number of hydrogen-bond acceptors (Lipinski definition) is 2. The van der Waals surface area contributed by atoms with Crippen molar-refractivity contribution in [2.45, 2.75) is 44.3 Å². The largest absolute Gasteiger partial charge is 0.250 e. The lowest BCUT2D eigenvalue weighted by Crippen LogP contribution is -2.29. The average molecular weight is 249 g/mol. The Hall–Kier alpha value is -0.470. The molecule has 0 aromatic heterocycles. The molecule has 0 bridgehead atoms. The summed E-state index contributed by atoms with van der Waals surface area (Å²) in [4.78, 5) is 0. The first-order valence-electron chi connectivity index (χ1n) is 6.73. The van der Waals surface area contributed by atoms with Crippen LogP contribution < -0.4 is 0 Å². The van der Waals surface area contributed by atoms with E-state index in [1.807, 2.05) is 11.9 Å². The molecule has 1 saturated heterocycles. The second kappa shape index (κ2) is 5.92. The van der Waals surface area contributed by atoms with Crippen LogP contribution in [0.3, 0.4) is 0 Å². The average Bonchev–Trinajstić information content (AvgIpc) is 2.52. The van der Waals surface area contributed by atoms with Crippen LogP contribution in [0.2, 0.25) is 0 Å². The van der Waals surface area contributed by atoms with Crippen molar-refractivity contribution >= 4 is 11.9 Å². The van der Waals surface area contributed by atoms with Gasteiger partial charge >= 0.3 is 0 Å². The Labute approximate surface area is 110 Å². The molecule has 0 aromatic carbocycles. The molecule has 2 heteroatoms. The van der Waals surface area contributed by atoms with Crippen molar-refractivity contribution in [2.24, 2.45) is 0 Å². The quantitative estimate of drug-likeness (QED) is 0.684. The molecule has 1 fully saturated rings. The smallest absolute Gasteiger partial charge is 0.0643 e. The topological polar surface area (TPSA) is 3.24 Å². The van der Waals surface area contributed by atoms with E-state index in [-0.39, 0.29) is 4.75 Å². The lowest BCUT2D eigenvalue weighted by Gasteiger charge is -2.32. The molecule has 1 aliphatic carbocycles. The standard InChI is InChI=1S/C15H23NS/c1-3-14-8-7-10-15(2,11-9-14)17-16-12-5-4-6-13-16/h7-11H,3-6,12-13H2,1-2H3. The van der Waals surface area contributed by atoms with E-state index in [0.29, 0.717) is 0 Å². The van der Waals surface area contributed by atoms with Gasteiger partial charge < -0.3 is 0 Å². The SMILES string of the molecule is CCC1=CC=CC(C)(SN2CCCCC2)C=C1. The van der Waals surface area contributed by atoms with Crippen LogP contribution in [0.1, 0.15) is 39.5 Å². The van der Waals surface area contributed by atoms with E-state index in [4.69, 9.17) is 0 Å². The fourth-order valence-electron chi connectivity index (χ4n) is 2.28. The number of piperidine rings is 1. The molecule has 0 radical (unpaired) electrons. The molecule has 1 heterocycles. The van der Waals surface area contributed by atoms with Crippen LogP contribution in [0.15, 0.2) is 36.0 Å². The van der Waals surface area contributed by atoms with E-state index in [1.165, 1.54) is 37.9 Å². The molecule has 1 unspecified atom stereocenters. The molecule has 2 aliphatic rings. The van der Waals surface area contributed by atoms with Gasteiger partial charge in [-0.1, -0.05) is 55.7 Å². The molecule has 1 nitrogen and oxygen atoms in total. The summed E-state index contributed by atoms with van der Waals surface area (Å²) in [5.74, 6) is 0.